The predicted molar refractivity (Wildman–Crippen MR) is 104 cm³/mol. The molecule has 0 radical (unpaired) electrons. The van der Waals surface area contributed by atoms with E-state index in [4.69, 9.17) is 9.47 Å². The van der Waals surface area contributed by atoms with E-state index in [2.05, 4.69) is 10.2 Å². The molecule has 8 nitrogen and oxygen atoms in total. The summed E-state index contributed by atoms with van der Waals surface area (Å²) in [5, 5.41) is 2.91. The molecular weight excluding hydrogens is 362 g/mol. The highest BCUT2D eigenvalue weighted by molar-refractivity contribution is 6.05. The van der Waals surface area contributed by atoms with Gasteiger partial charge in [-0.2, -0.15) is 0 Å². The number of morpholine rings is 1. The highest BCUT2D eigenvalue weighted by Crippen LogP contribution is 2.34. The Morgan fingerprint density at radius 1 is 1.25 bits per heavy atom. The number of hydrogen-bond donors (Lipinski definition) is 1. The third-order valence-electron chi connectivity index (χ3n) is 5.07. The first-order valence-electron chi connectivity index (χ1n) is 9.65. The van der Waals surface area contributed by atoms with Gasteiger partial charge in [0.2, 0.25) is 5.91 Å². The molecule has 1 atom stereocenters. The van der Waals surface area contributed by atoms with Crippen molar-refractivity contribution >= 4 is 23.3 Å². The summed E-state index contributed by atoms with van der Waals surface area (Å²) in [6.07, 6.45) is 0.834. The number of ketones is 1. The minimum absolute atomic E-state index is 0.110. The van der Waals surface area contributed by atoms with Crippen LogP contribution in [0, 0.1) is 0 Å². The van der Waals surface area contributed by atoms with Gasteiger partial charge in [-0.25, -0.2) is 0 Å². The number of hydrogen-bond acceptors (Lipinski definition) is 6. The first kappa shape index (κ1) is 20.3. The molecule has 1 fully saturated rings. The zero-order chi connectivity index (χ0) is 20.1. The van der Waals surface area contributed by atoms with Crippen molar-refractivity contribution in [2.75, 3.05) is 50.9 Å². The Balaban J connectivity index is 1.60. The second-order valence-electron chi connectivity index (χ2n) is 7.07. The van der Waals surface area contributed by atoms with E-state index in [9.17, 15) is 14.4 Å². The van der Waals surface area contributed by atoms with Crippen LogP contribution < -0.4 is 15.0 Å². The summed E-state index contributed by atoms with van der Waals surface area (Å²) in [6.45, 7) is 7.81. The normalized spacial score (nSPS) is 18.2. The zero-order valence-corrected chi connectivity index (χ0v) is 16.4. The smallest absolute Gasteiger partial charge is 0.265 e. The van der Waals surface area contributed by atoms with Crippen LogP contribution >= 0.6 is 0 Å². The molecule has 0 bridgehead atoms. The molecule has 28 heavy (non-hydrogen) atoms. The summed E-state index contributed by atoms with van der Waals surface area (Å²) in [5.74, 6) is -0.141. The summed E-state index contributed by atoms with van der Waals surface area (Å²) in [7, 11) is 0. The second-order valence-corrected chi connectivity index (χ2v) is 7.07. The largest absolute Gasteiger partial charge is 0.482 e. The van der Waals surface area contributed by atoms with Crippen LogP contribution in [0.25, 0.3) is 0 Å². The fourth-order valence-corrected chi connectivity index (χ4v) is 3.42. The Labute approximate surface area is 164 Å². The fourth-order valence-electron chi connectivity index (χ4n) is 3.42. The standard InChI is InChI=1S/C20H27N3O5/c1-14(20(26)21-6-3-7-22-8-10-27-11-9-22)23-17-12-16(15(2)24)4-5-18(17)28-13-19(23)25/h4-5,12,14H,3,6-11,13H2,1-2H3,(H,21,26). The van der Waals surface area contributed by atoms with E-state index in [1.54, 1.807) is 25.1 Å². The Morgan fingerprint density at radius 3 is 2.71 bits per heavy atom. The third kappa shape index (κ3) is 4.69. The Bertz CT molecular complexity index is 745. The second kappa shape index (κ2) is 9.16. The summed E-state index contributed by atoms with van der Waals surface area (Å²) in [6, 6.07) is 4.24. The van der Waals surface area contributed by atoms with E-state index in [1.807, 2.05) is 0 Å². The molecule has 1 aromatic carbocycles. The van der Waals surface area contributed by atoms with Crippen LogP contribution in [0.2, 0.25) is 0 Å². The number of amides is 2. The number of Topliss-reactive ketones (excluding diaryl/α,β-unsaturated/α-hetero) is 1. The van der Waals surface area contributed by atoms with Crippen LogP contribution in [0.3, 0.4) is 0 Å². The number of anilines is 1. The van der Waals surface area contributed by atoms with Crippen molar-refractivity contribution in [3.8, 4) is 5.75 Å². The molecule has 0 saturated carbocycles. The maximum Gasteiger partial charge on any atom is 0.265 e. The first-order valence-corrected chi connectivity index (χ1v) is 9.65. The predicted octanol–water partition coefficient (Wildman–Crippen LogP) is 0.842. The molecule has 1 N–H and O–H groups in total. The van der Waals surface area contributed by atoms with Crippen LogP contribution in [-0.4, -0.2) is 74.5 Å². The van der Waals surface area contributed by atoms with E-state index in [0.29, 0.717) is 23.5 Å². The van der Waals surface area contributed by atoms with Crippen molar-refractivity contribution < 1.29 is 23.9 Å². The van der Waals surface area contributed by atoms with Crippen molar-refractivity contribution in [1.82, 2.24) is 10.2 Å². The van der Waals surface area contributed by atoms with Gasteiger partial charge in [0.05, 0.1) is 18.9 Å². The van der Waals surface area contributed by atoms with Crippen molar-refractivity contribution in [3.05, 3.63) is 23.8 Å². The summed E-state index contributed by atoms with van der Waals surface area (Å²) >= 11 is 0. The van der Waals surface area contributed by atoms with Crippen LogP contribution in [-0.2, 0) is 14.3 Å². The van der Waals surface area contributed by atoms with Gasteiger partial charge < -0.3 is 14.8 Å². The van der Waals surface area contributed by atoms with Crippen LogP contribution in [0.15, 0.2) is 18.2 Å². The third-order valence-corrected chi connectivity index (χ3v) is 5.07. The zero-order valence-electron chi connectivity index (χ0n) is 16.4. The lowest BCUT2D eigenvalue weighted by molar-refractivity contribution is -0.127. The van der Waals surface area contributed by atoms with E-state index in [1.165, 1.54) is 11.8 Å². The number of ether oxygens (including phenoxy) is 2. The van der Waals surface area contributed by atoms with Crippen LogP contribution in [0.4, 0.5) is 5.69 Å². The molecule has 152 valence electrons. The van der Waals surface area contributed by atoms with Gasteiger partial charge in [0, 0.05) is 25.2 Å². The molecule has 2 amide bonds. The molecule has 2 heterocycles. The monoisotopic (exact) mass is 389 g/mol. The van der Waals surface area contributed by atoms with Crippen molar-refractivity contribution in [2.45, 2.75) is 26.3 Å². The lowest BCUT2D eigenvalue weighted by Gasteiger charge is -2.33. The quantitative estimate of drug-likeness (QED) is 0.549. The molecule has 1 aromatic rings. The van der Waals surface area contributed by atoms with Gasteiger partial charge in [0.15, 0.2) is 12.4 Å². The lowest BCUT2D eigenvalue weighted by Crippen LogP contribution is -2.51. The summed E-state index contributed by atoms with van der Waals surface area (Å²) in [5.41, 5.74) is 0.931. The van der Waals surface area contributed by atoms with E-state index in [0.717, 1.165) is 39.3 Å². The number of benzene rings is 1. The maximum atomic E-state index is 12.6. The Hall–Kier alpha value is -2.45. The van der Waals surface area contributed by atoms with Gasteiger partial charge in [0.25, 0.3) is 5.91 Å². The number of nitrogens with one attached hydrogen (secondary N) is 1. The molecule has 3 rings (SSSR count). The molecule has 1 saturated heterocycles. The molecule has 0 spiro atoms. The molecule has 1 unspecified atom stereocenters. The first-order chi connectivity index (χ1) is 13.5. The highest BCUT2D eigenvalue weighted by Gasteiger charge is 2.33. The Kier molecular flexibility index (Phi) is 6.64. The highest BCUT2D eigenvalue weighted by atomic mass is 16.5. The fraction of sp³-hybridized carbons (Fsp3) is 0.550. The molecule has 0 aliphatic carbocycles. The SMILES string of the molecule is CC(=O)c1ccc2c(c1)N(C(C)C(=O)NCCCN1CCOCC1)C(=O)CO2. The molecule has 8 heteroatoms. The van der Waals surface area contributed by atoms with Gasteiger partial charge in [-0.1, -0.05) is 0 Å². The summed E-state index contributed by atoms with van der Waals surface area (Å²) < 4.78 is 10.8. The number of carbonyl (C=O) groups excluding carboxylic acids is 3. The van der Waals surface area contributed by atoms with Crippen LogP contribution in [0.1, 0.15) is 30.6 Å². The Morgan fingerprint density at radius 2 is 2.00 bits per heavy atom. The van der Waals surface area contributed by atoms with E-state index >= 15 is 0 Å². The van der Waals surface area contributed by atoms with Gasteiger partial charge in [-0.05, 0) is 45.0 Å². The van der Waals surface area contributed by atoms with Crippen molar-refractivity contribution in [2.24, 2.45) is 0 Å². The number of nitrogens with zero attached hydrogens (tertiary/aromatic N) is 2. The number of carbonyl (C=O) groups is 3. The van der Waals surface area contributed by atoms with Gasteiger partial charge in [-0.3, -0.25) is 24.2 Å². The maximum absolute atomic E-state index is 12.6. The minimum Gasteiger partial charge on any atom is -0.482 e. The van der Waals surface area contributed by atoms with Gasteiger partial charge >= 0.3 is 0 Å². The number of rotatable bonds is 7. The topological polar surface area (TPSA) is 88.2 Å². The van der Waals surface area contributed by atoms with Crippen molar-refractivity contribution in [1.29, 1.82) is 0 Å². The molecule has 2 aliphatic heterocycles. The van der Waals surface area contributed by atoms with E-state index < -0.39 is 6.04 Å². The van der Waals surface area contributed by atoms with E-state index in [-0.39, 0.29) is 24.2 Å². The van der Waals surface area contributed by atoms with Crippen LogP contribution in [0.5, 0.6) is 5.75 Å². The molecular formula is C20H27N3O5. The van der Waals surface area contributed by atoms with Gasteiger partial charge in [0.1, 0.15) is 11.8 Å². The number of fused-ring (bicyclic) bond motifs is 1. The van der Waals surface area contributed by atoms with Gasteiger partial charge in [-0.15, -0.1) is 0 Å². The molecule has 2 aliphatic rings. The van der Waals surface area contributed by atoms with Crippen molar-refractivity contribution in [3.63, 3.8) is 0 Å². The average Bonchev–Trinajstić information content (AvgIpc) is 2.70. The average molecular weight is 389 g/mol. The molecule has 0 aromatic heterocycles. The lowest BCUT2D eigenvalue weighted by atomic mass is 10.1. The summed E-state index contributed by atoms with van der Waals surface area (Å²) in [4.78, 5) is 40.5. The minimum atomic E-state index is -0.694.